The molecule has 2 nitrogen and oxygen atoms in total. The summed E-state index contributed by atoms with van der Waals surface area (Å²) in [6, 6.07) is 132. The molecule has 16 aromatic carbocycles. The highest BCUT2D eigenvalue weighted by Crippen LogP contribution is 2.61. The number of anilines is 4. The first-order valence-corrected chi connectivity index (χ1v) is 32.8. The van der Waals surface area contributed by atoms with Crippen LogP contribution in [0.25, 0.3) is 98.7 Å². The smallest absolute Gasteiger partial charge is 0.0742 e. The second kappa shape index (κ2) is 21.9. The van der Waals surface area contributed by atoms with Crippen LogP contribution in [0.2, 0.25) is 0 Å². The zero-order chi connectivity index (χ0) is 62.5. The molecule has 2 heteroatoms. The fraction of sp³-hybridized carbons (Fsp3) is 0.0435. The average Bonchev–Trinajstić information content (AvgIpc) is 0.704. The van der Waals surface area contributed by atoms with E-state index in [-0.39, 0.29) is 0 Å². The molecule has 0 aliphatic carbocycles. The zero-order valence-electron chi connectivity index (χ0n) is 52.4. The molecule has 2 heterocycles. The summed E-state index contributed by atoms with van der Waals surface area (Å²) < 4.78 is 0. The lowest BCUT2D eigenvalue weighted by Gasteiger charge is -2.46. The SMILES string of the molecule is CN1c2ccccc2C(c2ccccc2)(c2ccccc2)c2cccc(-c3cccc4c(-c5c6cccc(-c7ccccc7)c6cc6c(-c7ccccc7)cccc56)c5cccc(-c6cccc7c6N(C)c6ccccc6C7(c6ccccc6)c6ccccc6)c5cc34)c21. The topological polar surface area (TPSA) is 6.48 Å². The third-order valence-electron chi connectivity index (χ3n) is 20.8. The van der Waals surface area contributed by atoms with Crippen molar-refractivity contribution >= 4 is 65.8 Å². The van der Waals surface area contributed by atoms with E-state index < -0.39 is 10.8 Å². The van der Waals surface area contributed by atoms with Crippen molar-refractivity contribution < 1.29 is 0 Å². The molecule has 442 valence electrons. The van der Waals surface area contributed by atoms with Crippen molar-refractivity contribution in [1.82, 2.24) is 0 Å². The highest BCUT2D eigenvalue weighted by atomic mass is 15.1. The second-order valence-electron chi connectivity index (χ2n) is 25.4. The molecule has 0 N–H and O–H groups in total. The third-order valence-corrected chi connectivity index (χ3v) is 20.8. The Labute approximate surface area is 549 Å². The van der Waals surface area contributed by atoms with Gasteiger partial charge in [-0.25, -0.2) is 0 Å². The molecule has 94 heavy (non-hydrogen) atoms. The van der Waals surface area contributed by atoms with Crippen molar-refractivity contribution in [1.29, 1.82) is 0 Å². The molecule has 0 spiro atoms. The molecule has 18 rings (SSSR count). The molecule has 0 bridgehead atoms. The summed E-state index contributed by atoms with van der Waals surface area (Å²) in [5, 5.41) is 9.57. The summed E-state index contributed by atoms with van der Waals surface area (Å²) in [7, 11) is 4.56. The Morgan fingerprint density at radius 1 is 0.202 bits per heavy atom. The van der Waals surface area contributed by atoms with Crippen LogP contribution in [0.15, 0.2) is 352 Å². The van der Waals surface area contributed by atoms with Crippen LogP contribution < -0.4 is 9.80 Å². The lowest BCUT2D eigenvalue weighted by Crippen LogP contribution is -2.38. The molecule has 0 saturated carbocycles. The van der Waals surface area contributed by atoms with Crippen molar-refractivity contribution in [2.24, 2.45) is 0 Å². The molecule has 2 aliphatic heterocycles. The highest BCUT2D eigenvalue weighted by Gasteiger charge is 2.48. The van der Waals surface area contributed by atoms with Crippen LogP contribution in [-0.2, 0) is 10.8 Å². The van der Waals surface area contributed by atoms with Gasteiger partial charge in [-0.15, -0.1) is 0 Å². The number of hydrogen-bond donors (Lipinski definition) is 0. The van der Waals surface area contributed by atoms with Gasteiger partial charge in [0, 0.05) is 36.6 Å². The van der Waals surface area contributed by atoms with Gasteiger partial charge in [0.2, 0.25) is 0 Å². The number of benzene rings is 16. The third kappa shape index (κ3) is 8.03. The largest absolute Gasteiger partial charge is 0.344 e. The van der Waals surface area contributed by atoms with Crippen molar-refractivity contribution in [2.75, 3.05) is 23.9 Å². The maximum atomic E-state index is 2.56. The quantitative estimate of drug-likeness (QED) is 0.133. The fourth-order valence-electron chi connectivity index (χ4n) is 17.0. The summed E-state index contributed by atoms with van der Waals surface area (Å²) in [5.41, 5.74) is 25.2. The van der Waals surface area contributed by atoms with Gasteiger partial charge in [0.05, 0.1) is 22.2 Å². The van der Waals surface area contributed by atoms with Gasteiger partial charge in [0.15, 0.2) is 0 Å². The van der Waals surface area contributed by atoms with E-state index >= 15 is 0 Å². The van der Waals surface area contributed by atoms with Gasteiger partial charge in [0.1, 0.15) is 0 Å². The van der Waals surface area contributed by atoms with Crippen LogP contribution in [0.3, 0.4) is 0 Å². The van der Waals surface area contributed by atoms with Crippen LogP contribution in [0.1, 0.15) is 44.5 Å². The van der Waals surface area contributed by atoms with Crippen molar-refractivity contribution in [3.8, 4) is 55.6 Å². The molecular weight excluding hydrogens is 1130 g/mol. The number of nitrogens with zero attached hydrogens (tertiary/aromatic N) is 2. The fourth-order valence-corrected chi connectivity index (χ4v) is 17.0. The monoisotopic (exact) mass is 1200 g/mol. The first-order chi connectivity index (χ1) is 46.5. The summed E-state index contributed by atoms with van der Waals surface area (Å²) in [5.74, 6) is 0. The first-order valence-electron chi connectivity index (χ1n) is 32.8. The lowest BCUT2D eigenvalue weighted by atomic mass is 9.62. The van der Waals surface area contributed by atoms with E-state index in [2.05, 4.69) is 376 Å². The Hall–Kier alpha value is -11.8. The van der Waals surface area contributed by atoms with Crippen LogP contribution in [0, 0.1) is 0 Å². The molecule has 0 fully saturated rings. The number of rotatable bonds is 9. The summed E-state index contributed by atoms with van der Waals surface area (Å²) in [6.07, 6.45) is 0. The van der Waals surface area contributed by atoms with Crippen LogP contribution in [0.5, 0.6) is 0 Å². The standard InChI is InChI=1S/C92H64N2/c1-93-85-57-23-21-53-81(85)91(63-35-13-5-14-36-63,64-37-15-6-16-38-64)83-55-29-51-75(89(83)93)69-45-27-49-73-79(69)60-80-70(76-52-30-56-84-90(76)94(2)86-58-24-22-54-82(86)92(84,65-39-17-7-18-40-65)66-41-19-8-20-42-66)46-28-50-74(80)88(73)87-71-47-25-43-67(61-31-9-3-10-32-61)77(71)59-78-68(44-26-48-72(78)87)62-33-11-4-12-34-62/h3-60H,1-2H3. The van der Waals surface area contributed by atoms with Crippen molar-refractivity contribution in [3.05, 3.63) is 396 Å². The molecule has 2 aliphatic rings. The van der Waals surface area contributed by atoms with Gasteiger partial charge >= 0.3 is 0 Å². The summed E-state index contributed by atoms with van der Waals surface area (Å²) in [4.78, 5) is 4.95. The minimum Gasteiger partial charge on any atom is -0.344 e. The minimum absolute atomic E-state index is 0.646. The van der Waals surface area contributed by atoms with Crippen LogP contribution in [-0.4, -0.2) is 14.1 Å². The van der Waals surface area contributed by atoms with E-state index in [1.54, 1.807) is 0 Å². The van der Waals surface area contributed by atoms with Crippen LogP contribution >= 0.6 is 0 Å². The van der Waals surface area contributed by atoms with E-state index in [0.717, 1.165) is 0 Å². The van der Waals surface area contributed by atoms with Gasteiger partial charge in [-0.3, -0.25) is 0 Å². The van der Waals surface area contributed by atoms with E-state index in [4.69, 9.17) is 0 Å². The molecule has 0 unspecified atom stereocenters. The van der Waals surface area contributed by atoms with E-state index in [0.29, 0.717) is 0 Å². The Kier molecular flexibility index (Phi) is 12.8. The van der Waals surface area contributed by atoms with Gasteiger partial charge < -0.3 is 9.80 Å². The predicted molar refractivity (Wildman–Crippen MR) is 396 cm³/mol. The Balaban J connectivity index is 1.00. The number of hydrogen-bond acceptors (Lipinski definition) is 2. The van der Waals surface area contributed by atoms with E-state index in [1.165, 1.54) is 166 Å². The van der Waals surface area contributed by atoms with Gasteiger partial charge in [-0.05, 0) is 156 Å². The molecule has 0 amide bonds. The second-order valence-corrected chi connectivity index (χ2v) is 25.4. The molecule has 0 radical (unpaired) electrons. The van der Waals surface area contributed by atoms with E-state index in [9.17, 15) is 0 Å². The number of fused-ring (bicyclic) bond motifs is 8. The van der Waals surface area contributed by atoms with Gasteiger partial charge in [0.25, 0.3) is 0 Å². The summed E-state index contributed by atoms with van der Waals surface area (Å²) >= 11 is 0. The average molecular weight is 1200 g/mol. The van der Waals surface area contributed by atoms with E-state index in [1.807, 2.05) is 0 Å². The lowest BCUT2D eigenvalue weighted by molar-refractivity contribution is 0.728. The molecule has 0 atom stereocenters. The normalized spacial score (nSPS) is 13.6. The first kappa shape index (κ1) is 55.0. The van der Waals surface area contributed by atoms with Crippen molar-refractivity contribution in [2.45, 2.75) is 10.8 Å². The molecule has 0 saturated heterocycles. The molecular formula is C92H64N2. The number of para-hydroxylation sites is 4. The molecule has 16 aromatic rings. The Morgan fingerprint density at radius 2 is 0.457 bits per heavy atom. The minimum atomic E-state index is -0.646. The Bertz CT molecular complexity index is 5200. The van der Waals surface area contributed by atoms with Gasteiger partial charge in [-0.1, -0.05) is 328 Å². The zero-order valence-corrected chi connectivity index (χ0v) is 52.4. The maximum absolute atomic E-state index is 2.56. The highest BCUT2D eigenvalue weighted by molar-refractivity contribution is 6.28. The van der Waals surface area contributed by atoms with Crippen LogP contribution in [0.4, 0.5) is 22.7 Å². The van der Waals surface area contributed by atoms with Gasteiger partial charge in [-0.2, -0.15) is 0 Å². The van der Waals surface area contributed by atoms with Crippen molar-refractivity contribution in [3.63, 3.8) is 0 Å². The Morgan fingerprint density at radius 3 is 0.798 bits per heavy atom. The summed E-state index contributed by atoms with van der Waals surface area (Å²) in [6.45, 7) is 0. The molecule has 0 aromatic heterocycles. The maximum Gasteiger partial charge on any atom is 0.0742 e. The predicted octanol–water partition coefficient (Wildman–Crippen LogP) is 23.6.